The van der Waals surface area contributed by atoms with Gasteiger partial charge in [-0.15, -0.1) is 0 Å². The normalized spacial score (nSPS) is 12.7. The van der Waals surface area contributed by atoms with Crippen LogP contribution >= 0.6 is 0 Å². The van der Waals surface area contributed by atoms with Crippen LogP contribution in [-0.2, 0) is 0 Å². The second-order valence-corrected chi connectivity index (χ2v) is 3.34. The summed E-state index contributed by atoms with van der Waals surface area (Å²) in [6.07, 6.45) is 5.94. The maximum Gasteiger partial charge on any atom is 0.129 e. The van der Waals surface area contributed by atoms with Gasteiger partial charge in [0, 0.05) is 11.3 Å². The monoisotopic (exact) mass is 191 g/mol. The van der Waals surface area contributed by atoms with E-state index in [0.29, 0.717) is 0 Å². The zero-order valence-corrected chi connectivity index (χ0v) is 9.20. The summed E-state index contributed by atoms with van der Waals surface area (Å²) in [5, 5.41) is 4.35. The summed E-state index contributed by atoms with van der Waals surface area (Å²) in [4.78, 5) is 0. The van der Waals surface area contributed by atoms with Gasteiger partial charge in [-0.25, -0.2) is 4.68 Å². The van der Waals surface area contributed by atoms with Gasteiger partial charge in [-0.2, -0.15) is 5.10 Å². The van der Waals surface area contributed by atoms with Crippen molar-refractivity contribution in [2.45, 2.75) is 27.7 Å². The summed E-state index contributed by atoms with van der Waals surface area (Å²) >= 11 is 0. The molecule has 3 heteroatoms. The molecule has 1 aromatic heterocycles. The number of hydrogen-bond donors (Lipinski definition) is 1. The molecule has 1 rings (SSSR count). The van der Waals surface area contributed by atoms with E-state index < -0.39 is 0 Å². The van der Waals surface area contributed by atoms with Crippen molar-refractivity contribution in [1.29, 1.82) is 0 Å². The summed E-state index contributed by atoms with van der Waals surface area (Å²) in [5.41, 5.74) is 8.97. The number of hydrogen-bond acceptors (Lipinski definition) is 2. The zero-order valence-electron chi connectivity index (χ0n) is 9.20. The average Bonchev–Trinajstić information content (AvgIpc) is 2.42. The Morgan fingerprint density at radius 2 is 2.07 bits per heavy atom. The minimum absolute atomic E-state index is 0.723. The Labute approximate surface area is 84.9 Å². The van der Waals surface area contributed by atoms with Gasteiger partial charge in [-0.1, -0.05) is 12.2 Å². The highest BCUT2D eigenvalue weighted by atomic mass is 15.3. The number of rotatable bonds is 2. The standard InChI is InChI=1S/C11H17N3/c1-5-6-7-8(2)14-11(12)9(3)10(4)13-14/h5-7H,12H2,1-4H3/b6-5-,8-7+. The number of aromatic nitrogens is 2. The molecule has 0 aliphatic rings. The van der Waals surface area contributed by atoms with Crippen LogP contribution in [0.15, 0.2) is 18.2 Å². The molecule has 0 aliphatic heterocycles. The summed E-state index contributed by atoms with van der Waals surface area (Å²) in [6, 6.07) is 0. The van der Waals surface area contributed by atoms with Crippen LogP contribution in [0.25, 0.3) is 5.70 Å². The Bertz CT molecular complexity index is 383. The van der Waals surface area contributed by atoms with Crippen molar-refractivity contribution in [2.24, 2.45) is 0 Å². The highest BCUT2D eigenvalue weighted by Crippen LogP contribution is 2.18. The van der Waals surface area contributed by atoms with Gasteiger partial charge >= 0.3 is 0 Å². The number of nitrogens with two attached hydrogens (primary N) is 1. The van der Waals surface area contributed by atoms with E-state index in [0.717, 1.165) is 22.8 Å². The van der Waals surface area contributed by atoms with Gasteiger partial charge in [0.25, 0.3) is 0 Å². The van der Waals surface area contributed by atoms with E-state index in [4.69, 9.17) is 5.73 Å². The van der Waals surface area contributed by atoms with Gasteiger partial charge in [0.05, 0.1) is 5.69 Å². The third-order valence-corrected chi connectivity index (χ3v) is 2.27. The van der Waals surface area contributed by atoms with Crippen LogP contribution in [0.2, 0.25) is 0 Å². The molecule has 76 valence electrons. The van der Waals surface area contributed by atoms with Crippen LogP contribution in [-0.4, -0.2) is 9.78 Å². The van der Waals surface area contributed by atoms with Crippen LogP contribution < -0.4 is 5.73 Å². The molecule has 0 radical (unpaired) electrons. The van der Waals surface area contributed by atoms with Crippen molar-refractivity contribution in [3.63, 3.8) is 0 Å². The molecular weight excluding hydrogens is 174 g/mol. The summed E-state index contributed by atoms with van der Waals surface area (Å²) in [6.45, 7) is 7.91. The Morgan fingerprint density at radius 1 is 1.43 bits per heavy atom. The molecule has 0 aromatic carbocycles. The van der Waals surface area contributed by atoms with Crippen molar-refractivity contribution < 1.29 is 0 Å². The number of nitrogens with zero attached hydrogens (tertiary/aromatic N) is 2. The predicted octanol–water partition coefficient (Wildman–Crippen LogP) is 2.52. The second-order valence-electron chi connectivity index (χ2n) is 3.34. The van der Waals surface area contributed by atoms with E-state index in [1.54, 1.807) is 4.68 Å². The van der Waals surface area contributed by atoms with E-state index in [9.17, 15) is 0 Å². The molecule has 0 fully saturated rings. The lowest BCUT2D eigenvalue weighted by Crippen LogP contribution is -2.01. The Morgan fingerprint density at radius 3 is 2.50 bits per heavy atom. The quantitative estimate of drug-likeness (QED) is 0.730. The molecule has 0 unspecified atom stereocenters. The Balaban J connectivity index is 3.13. The Hall–Kier alpha value is -1.51. The smallest absolute Gasteiger partial charge is 0.129 e. The molecule has 0 saturated carbocycles. The van der Waals surface area contributed by atoms with Crippen LogP contribution in [0.1, 0.15) is 25.1 Å². The lowest BCUT2D eigenvalue weighted by Gasteiger charge is -2.02. The zero-order chi connectivity index (χ0) is 10.7. The fraction of sp³-hybridized carbons (Fsp3) is 0.364. The summed E-state index contributed by atoms with van der Waals surface area (Å²) in [5.74, 6) is 0.723. The first kappa shape index (κ1) is 10.6. The van der Waals surface area contributed by atoms with Crippen molar-refractivity contribution >= 4 is 11.5 Å². The van der Waals surface area contributed by atoms with Crippen molar-refractivity contribution in [3.8, 4) is 0 Å². The van der Waals surface area contributed by atoms with Gasteiger partial charge in [0.1, 0.15) is 5.82 Å². The minimum Gasteiger partial charge on any atom is -0.383 e. The first-order chi connectivity index (χ1) is 6.57. The molecule has 0 amide bonds. The fourth-order valence-electron chi connectivity index (χ4n) is 1.20. The third-order valence-electron chi connectivity index (χ3n) is 2.27. The first-order valence-corrected chi connectivity index (χ1v) is 4.69. The van der Waals surface area contributed by atoms with Gasteiger partial charge in [-0.3, -0.25) is 0 Å². The molecular formula is C11H17N3. The molecule has 0 spiro atoms. The molecule has 1 heterocycles. The fourth-order valence-corrected chi connectivity index (χ4v) is 1.20. The highest BCUT2D eigenvalue weighted by molar-refractivity contribution is 5.55. The molecule has 0 bridgehead atoms. The predicted molar refractivity (Wildman–Crippen MR) is 60.9 cm³/mol. The number of aryl methyl sites for hydroxylation is 1. The molecule has 14 heavy (non-hydrogen) atoms. The molecule has 0 saturated heterocycles. The van der Waals surface area contributed by atoms with E-state index >= 15 is 0 Å². The third kappa shape index (κ3) is 1.87. The van der Waals surface area contributed by atoms with E-state index in [2.05, 4.69) is 5.10 Å². The van der Waals surface area contributed by atoms with Gasteiger partial charge in [0.2, 0.25) is 0 Å². The SMILES string of the molecule is C/C=C\C=C(/C)n1nc(C)c(C)c1N. The molecule has 0 atom stereocenters. The Kier molecular flexibility index (Phi) is 3.12. The first-order valence-electron chi connectivity index (χ1n) is 4.69. The van der Waals surface area contributed by atoms with Gasteiger partial charge < -0.3 is 5.73 Å². The lowest BCUT2D eigenvalue weighted by atomic mass is 10.3. The molecule has 2 N–H and O–H groups in total. The highest BCUT2D eigenvalue weighted by Gasteiger charge is 2.07. The van der Waals surface area contributed by atoms with Crippen LogP contribution in [0.5, 0.6) is 0 Å². The average molecular weight is 191 g/mol. The maximum atomic E-state index is 5.91. The summed E-state index contributed by atoms with van der Waals surface area (Å²) in [7, 11) is 0. The van der Waals surface area contributed by atoms with E-state index in [1.165, 1.54) is 0 Å². The van der Waals surface area contributed by atoms with Crippen LogP contribution in [0.4, 0.5) is 5.82 Å². The largest absolute Gasteiger partial charge is 0.383 e. The topological polar surface area (TPSA) is 43.8 Å². The lowest BCUT2D eigenvalue weighted by molar-refractivity contribution is 0.886. The van der Waals surface area contributed by atoms with Gasteiger partial charge in [0.15, 0.2) is 0 Å². The molecule has 0 aliphatic carbocycles. The van der Waals surface area contributed by atoms with E-state index in [1.807, 2.05) is 45.9 Å². The number of nitrogen functional groups attached to an aromatic ring is 1. The van der Waals surface area contributed by atoms with Crippen molar-refractivity contribution in [3.05, 3.63) is 29.5 Å². The maximum absolute atomic E-state index is 5.91. The number of allylic oxidation sites excluding steroid dienone is 4. The number of anilines is 1. The van der Waals surface area contributed by atoms with Crippen LogP contribution in [0.3, 0.4) is 0 Å². The minimum atomic E-state index is 0.723. The second kappa shape index (κ2) is 4.13. The molecule has 1 aromatic rings. The van der Waals surface area contributed by atoms with E-state index in [-0.39, 0.29) is 0 Å². The summed E-state index contributed by atoms with van der Waals surface area (Å²) < 4.78 is 1.77. The van der Waals surface area contributed by atoms with Crippen molar-refractivity contribution in [2.75, 3.05) is 5.73 Å². The molecule has 3 nitrogen and oxygen atoms in total. The van der Waals surface area contributed by atoms with Crippen molar-refractivity contribution in [1.82, 2.24) is 9.78 Å². The van der Waals surface area contributed by atoms with Gasteiger partial charge in [-0.05, 0) is 33.8 Å². The van der Waals surface area contributed by atoms with Crippen LogP contribution in [0, 0.1) is 13.8 Å².